The van der Waals surface area contributed by atoms with Gasteiger partial charge in [-0.1, -0.05) is 18.2 Å². The molecule has 0 bridgehead atoms. The van der Waals surface area contributed by atoms with Crippen LogP contribution in [0.4, 0.5) is 0 Å². The number of rotatable bonds is 4. The molecule has 1 saturated carbocycles. The van der Waals surface area contributed by atoms with E-state index in [0.717, 1.165) is 35.2 Å². The standard InChI is InChI=1S/C19H23N3O2/c23-12-11-21-7-9-22(10-8-21)19(24)16-13-18(14-5-6-14)20-17-4-2-1-3-15(16)17/h1-4,13-14,23H,5-12H2. The van der Waals surface area contributed by atoms with Gasteiger partial charge >= 0.3 is 0 Å². The second-order valence-electron chi connectivity index (χ2n) is 6.74. The average molecular weight is 325 g/mol. The highest BCUT2D eigenvalue weighted by molar-refractivity contribution is 6.06. The van der Waals surface area contributed by atoms with Gasteiger partial charge in [0.05, 0.1) is 17.7 Å². The van der Waals surface area contributed by atoms with Crippen molar-refractivity contribution >= 4 is 16.8 Å². The quantitative estimate of drug-likeness (QED) is 0.932. The highest BCUT2D eigenvalue weighted by atomic mass is 16.3. The van der Waals surface area contributed by atoms with Crippen molar-refractivity contribution in [1.82, 2.24) is 14.8 Å². The Balaban J connectivity index is 1.62. The molecule has 5 nitrogen and oxygen atoms in total. The monoisotopic (exact) mass is 325 g/mol. The highest BCUT2D eigenvalue weighted by Gasteiger charge is 2.28. The molecule has 1 N–H and O–H groups in total. The topological polar surface area (TPSA) is 56.7 Å². The van der Waals surface area contributed by atoms with Gasteiger partial charge in [-0.05, 0) is 25.0 Å². The third-order valence-corrected chi connectivity index (χ3v) is 5.04. The molecular formula is C19H23N3O2. The maximum atomic E-state index is 13.1. The van der Waals surface area contributed by atoms with Gasteiger partial charge in [0.1, 0.15) is 0 Å². The summed E-state index contributed by atoms with van der Waals surface area (Å²) in [6, 6.07) is 9.96. The maximum Gasteiger partial charge on any atom is 0.254 e. The smallest absolute Gasteiger partial charge is 0.254 e. The first-order chi connectivity index (χ1) is 11.8. The Morgan fingerprint density at radius 3 is 2.62 bits per heavy atom. The first kappa shape index (κ1) is 15.5. The van der Waals surface area contributed by atoms with Gasteiger partial charge in [0.25, 0.3) is 5.91 Å². The number of piperazine rings is 1. The second kappa shape index (κ2) is 6.49. The molecule has 1 amide bonds. The molecule has 1 aliphatic carbocycles. The Bertz CT molecular complexity index is 749. The van der Waals surface area contributed by atoms with Crippen molar-refractivity contribution in [3.8, 4) is 0 Å². The van der Waals surface area contributed by atoms with Gasteiger partial charge in [-0.25, -0.2) is 0 Å². The van der Waals surface area contributed by atoms with Crippen LogP contribution in [0.25, 0.3) is 10.9 Å². The van der Waals surface area contributed by atoms with E-state index in [1.165, 1.54) is 12.8 Å². The van der Waals surface area contributed by atoms with Crippen molar-refractivity contribution in [2.75, 3.05) is 39.3 Å². The fraction of sp³-hybridized carbons (Fsp3) is 0.474. The van der Waals surface area contributed by atoms with E-state index >= 15 is 0 Å². The second-order valence-corrected chi connectivity index (χ2v) is 6.74. The average Bonchev–Trinajstić information content (AvgIpc) is 3.46. The number of carbonyl (C=O) groups is 1. The summed E-state index contributed by atoms with van der Waals surface area (Å²) in [5.74, 6) is 0.640. The van der Waals surface area contributed by atoms with Crippen molar-refractivity contribution in [1.29, 1.82) is 0 Å². The Morgan fingerprint density at radius 1 is 1.17 bits per heavy atom. The number of fused-ring (bicyclic) bond motifs is 1. The van der Waals surface area contributed by atoms with Crippen LogP contribution in [0.5, 0.6) is 0 Å². The first-order valence-electron chi connectivity index (χ1n) is 8.78. The lowest BCUT2D eigenvalue weighted by molar-refractivity contribution is 0.0616. The molecule has 0 radical (unpaired) electrons. The molecular weight excluding hydrogens is 302 g/mol. The SMILES string of the molecule is O=C(c1cc(C2CC2)nc2ccccc12)N1CCN(CCO)CC1. The molecule has 2 aromatic rings. The number of nitrogens with zero attached hydrogens (tertiary/aromatic N) is 3. The predicted molar refractivity (Wildman–Crippen MR) is 93.1 cm³/mol. The van der Waals surface area contributed by atoms with E-state index in [2.05, 4.69) is 4.90 Å². The van der Waals surface area contributed by atoms with Crippen LogP contribution in [0.1, 0.15) is 34.8 Å². The summed E-state index contributed by atoms with van der Waals surface area (Å²) in [5.41, 5.74) is 2.78. The van der Waals surface area contributed by atoms with Gasteiger partial charge in [-0.2, -0.15) is 0 Å². The van der Waals surface area contributed by atoms with Crippen LogP contribution in [0.2, 0.25) is 0 Å². The predicted octanol–water partition coefficient (Wildman–Crippen LogP) is 1.86. The fourth-order valence-corrected chi connectivity index (χ4v) is 3.45. The molecule has 1 aromatic carbocycles. The third kappa shape index (κ3) is 3.01. The van der Waals surface area contributed by atoms with E-state index in [9.17, 15) is 4.79 Å². The minimum absolute atomic E-state index is 0.110. The van der Waals surface area contributed by atoms with E-state index in [1.807, 2.05) is 35.2 Å². The van der Waals surface area contributed by atoms with E-state index in [1.54, 1.807) is 0 Å². The van der Waals surface area contributed by atoms with Crippen molar-refractivity contribution < 1.29 is 9.90 Å². The lowest BCUT2D eigenvalue weighted by Crippen LogP contribution is -2.49. The zero-order valence-corrected chi connectivity index (χ0v) is 13.8. The fourth-order valence-electron chi connectivity index (χ4n) is 3.45. The van der Waals surface area contributed by atoms with Crippen LogP contribution in [-0.4, -0.2) is 65.1 Å². The number of aliphatic hydroxyl groups is 1. The number of aromatic nitrogens is 1. The maximum absolute atomic E-state index is 13.1. The van der Waals surface area contributed by atoms with Crippen molar-refractivity contribution in [2.45, 2.75) is 18.8 Å². The molecule has 5 heteroatoms. The third-order valence-electron chi connectivity index (χ3n) is 5.04. The summed E-state index contributed by atoms with van der Waals surface area (Å²) in [6.45, 7) is 3.94. The van der Waals surface area contributed by atoms with Crippen LogP contribution >= 0.6 is 0 Å². The van der Waals surface area contributed by atoms with Gasteiger partial charge in [0, 0.05) is 49.7 Å². The summed E-state index contributed by atoms with van der Waals surface area (Å²) in [5, 5.41) is 10.00. The molecule has 0 unspecified atom stereocenters. The number of hydrogen-bond donors (Lipinski definition) is 1. The number of amides is 1. The highest BCUT2D eigenvalue weighted by Crippen LogP contribution is 2.40. The van der Waals surface area contributed by atoms with E-state index in [-0.39, 0.29) is 12.5 Å². The molecule has 126 valence electrons. The van der Waals surface area contributed by atoms with Crippen molar-refractivity contribution in [2.24, 2.45) is 0 Å². The molecule has 1 aliphatic heterocycles. The van der Waals surface area contributed by atoms with Gasteiger partial charge in [0.15, 0.2) is 0 Å². The molecule has 1 aromatic heterocycles. The Hall–Kier alpha value is -1.98. The summed E-state index contributed by atoms with van der Waals surface area (Å²) < 4.78 is 0. The molecule has 0 spiro atoms. The van der Waals surface area contributed by atoms with E-state index < -0.39 is 0 Å². The van der Waals surface area contributed by atoms with Crippen molar-refractivity contribution in [3.63, 3.8) is 0 Å². The normalized spacial score (nSPS) is 19.0. The molecule has 0 atom stereocenters. The lowest BCUT2D eigenvalue weighted by Gasteiger charge is -2.34. The molecule has 2 heterocycles. The van der Waals surface area contributed by atoms with Gasteiger partial charge in [0.2, 0.25) is 0 Å². The minimum atomic E-state index is 0.110. The van der Waals surface area contributed by atoms with Gasteiger partial charge < -0.3 is 10.0 Å². The Labute approximate surface area is 141 Å². The van der Waals surface area contributed by atoms with Crippen LogP contribution in [0.15, 0.2) is 30.3 Å². The Kier molecular flexibility index (Phi) is 4.21. The molecule has 2 fully saturated rings. The van der Waals surface area contributed by atoms with Crippen molar-refractivity contribution in [3.05, 3.63) is 41.6 Å². The summed E-state index contributed by atoms with van der Waals surface area (Å²) in [4.78, 5) is 22.0. The molecule has 4 rings (SSSR count). The number of para-hydroxylation sites is 1. The van der Waals surface area contributed by atoms with Crippen LogP contribution in [0.3, 0.4) is 0 Å². The summed E-state index contributed by atoms with van der Waals surface area (Å²) in [7, 11) is 0. The molecule has 2 aliphatic rings. The van der Waals surface area contributed by atoms with E-state index in [4.69, 9.17) is 10.1 Å². The first-order valence-corrected chi connectivity index (χ1v) is 8.78. The minimum Gasteiger partial charge on any atom is -0.395 e. The van der Waals surface area contributed by atoms with Gasteiger partial charge in [-0.15, -0.1) is 0 Å². The number of β-amino-alcohol motifs (C(OH)–C–C–N with tert-alkyl or cyclic N) is 1. The Morgan fingerprint density at radius 2 is 1.92 bits per heavy atom. The number of benzene rings is 1. The number of carbonyl (C=O) groups excluding carboxylic acids is 1. The summed E-state index contributed by atoms with van der Waals surface area (Å²) >= 11 is 0. The molecule has 1 saturated heterocycles. The van der Waals surface area contributed by atoms with E-state index in [0.29, 0.717) is 25.6 Å². The van der Waals surface area contributed by atoms with Crippen LogP contribution in [-0.2, 0) is 0 Å². The van der Waals surface area contributed by atoms with Gasteiger partial charge in [-0.3, -0.25) is 14.7 Å². The number of aliphatic hydroxyl groups excluding tert-OH is 1. The number of pyridine rings is 1. The number of hydrogen-bond acceptors (Lipinski definition) is 4. The van der Waals surface area contributed by atoms with Crippen LogP contribution < -0.4 is 0 Å². The largest absolute Gasteiger partial charge is 0.395 e. The van der Waals surface area contributed by atoms with Crippen LogP contribution in [0, 0.1) is 0 Å². The molecule has 24 heavy (non-hydrogen) atoms. The zero-order chi connectivity index (χ0) is 16.5. The lowest BCUT2D eigenvalue weighted by atomic mass is 10.0. The zero-order valence-electron chi connectivity index (χ0n) is 13.8. The summed E-state index contributed by atoms with van der Waals surface area (Å²) in [6.07, 6.45) is 2.36.